The van der Waals surface area contributed by atoms with Gasteiger partial charge in [0, 0.05) is 28.7 Å². The lowest BCUT2D eigenvalue weighted by molar-refractivity contribution is 0.0939. The molecule has 0 fully saturated rings. The molecule has 0 saturated carbocycles. The zero-order chi connectivity index (χ0) is 18.2. The van der Waals surface area contributed by atoms with Gasteiger partial charge in [0.05, 0.1) is 0 Å². The van der Waals surface area contributed by atoms with Crippen molar-refractivity contribution in [3.8, 4) is 0 Å². The first-order chi connectivity index (χ1) is 12.0. The molecule has 0 spiro atoms. The SMILES string of the molecule is CCC(C)NC(=O)c1cccc(C(=O)NCCc2ccc(Cl)cc2)c1. The maximum absolute atomic E-state index is 12.3. The topological polar surface area (TPSA) is 58.2 Å². The highest BCUT2D eigenvalue weighted by molar-refractivity contribution is 6.30. The van der Waals surface area contributed by atoms with Crippen molar-refractivity contribution >= 4 is 23.4 Å². The highest BCUT2D eigenvalue weighted by Gasteiger charge is 2.11. The van der Waals surface area contributed by atoms with Crippen molar-refractivity contribution in [2.24, 2.45) is 0 Å². The van der Waals surface area contributed by atoms with E-state index in [9.17, 15) is 9.59 Å². The molecule has 2 aromatic carbocycles. The largest absolute Gasteiger partial charge is 0.352 e. The summed E-state index contributed by atoms with van der Waals surface area (Å²) in [6, 6.07) is 14.4. The summed E-state index contributed by atoms with van der Waals surface area (Å²) in [4.78, 5) is 24.4. The lowest BCUT2D eigenvalue weighted by Crippen LogP contribution is -2.32. The fourth-order valence-corrected chi connectivity index (χ4v) is 2.41. The Balaban J connectivity index is 1.91. The van der Waals surface area contributed by atoms with Crippen LogP contribution in [0.4, 0.5) is 0 Å². The molecule has 0 aliphatic rings. The van der Waals surface area contributed by atoms with E-state index in [4.69, 9.17) is 11.6 Å². The quantitative estimate of drug-likeness (QED) is 0.790. The van der Waals surface area contributed by atoms with E-state index in [1.165, 1.54) is 0 Å². The van der Waals surface area contributed by atoms with Crippen LogP contribution in [0, 0.1) is 0 Å². The van der Waals surface area contributed by atoms with Crippen molar-refractivity contribution in [3.63, 3.8) is 0 Å². The third-order valence-corrected chi connectivity index (χ3v) is 4.24. The molecule has 2 aromatic rings. The summed E-state index contributed by atoms with van der Waals surface area (Å²) < 4.78 is 0. The smallest absolute Gasteiger partial charge is 0.251 e. The number of hydrogen-bond acceptors (Lipinski definition) is 2. The second-order valence-corrected chi connectivity index (χ2v) is 6.43. The fraction of sp³-hybridized carbons (Fsp3) is 0.300. The number of rotatable bonds is 7. The van der Waals surface area contributed by atoms with Gasteiger partial charge in [-0.1, -0.05) is 36.7 Å². The van der Waals surface area contributed by atoms with Crippen molar-refractivity contribution in [1.29, 1.82) is 0 Å². The zero-order valence-corrected chi connectivity index (χ0v) is 15.3. The molecule has 2 rings (SSSR count). The summed E-state index contributed by atoms with van der Waals surface area (Å²) in [6.45, 7) is 4.48. The minimum absolute atomic E-state index is 0.101. The minimum Gasteiger partial charge on any atom is -0.352 e. The van der Waals surface area contributed by atoms with E-state index in [0.717, 1.165) is 18.4 Å². The number of carbonyl (C=O) groups is 2. The second-order valence-electron chi connectivity index (χ2n) is 6.00. The van der Waals surface area contributed by atoms with Gasteiger partial charge in [0.2, 0.25) is 0 Å². The number of halogens is 1. The van der Waals surface area contributed by atoms with Crippen molar-refractivity contribution in [2.45, 2.75) is 32.7 Å². The van der Waals surface area contributed by atoms with Crippen LogP contribution >= 0.6 is 11.6 Å². The average molecular weight is 359 g/mol. The van der Waals surface area contributed by atoms with Crippen LogP contribution in [0.25, 0.3) is 0 Å². The van der Waals surface area contributed by atoms with Crippen LogP contribution in [0.1, 0.15) is 46.5 Å². The van der Waals surface area contributed by atoms with Gasteiger partial charge in [-0.3, -0.25) is 9.59 Å². The van der Waals surface area contributed by atoms with Crippen LogP contribution in [0.2, 0.25) is 5.02 Å². The summed E-state index contributed by atoms with van der Waals surface area (Å²) in [5.41, 5.74) is 2.07. The predicted molar refractivity (Wildman–Crippen MR) is 101 cm³/mol. The molecule has 4 nitrogen and oxygen atoms in total. The van der Waals surface area contributed by atoms with Gasteiger partial charge in [-0.2, -0.15) is 0 Å². The molecule has 2 N–H and O–H groups in total. The molecule has 0 heterocycles. The maximum Gasteiger partial charge on any atom is 0.251 e. The van der Waals surface area contributed by atoms with Crippen molar-refractivity contribution in [3.05, 3.63) is 70.2 Å². The van der Waals surface area contributed by atoms with E-state index in [1.54, 1.807) is 24.3 Å². The molecule has 0 aliphatic carbocycles. The number of benzene rings is 2. The van der Waals surface area contributed by atoms with Crippen LogP contribution in [-0.2, 0) is 6.42 Å². The highest BCUT2D eigenvalue weighted by atomic mass is 35.5. The standard InChI is InChI=1S/C20H23ClN2O2/c1-3-14(2)23-20(25)17-6-4-5-16(13-17)19(24)22-12-11-15-7-9-18(21)10-8-15/h4-10,13-14H,3,11-12H2,1-2H3,(H,22,24)(H,23,25). The van der Waals surface area contributed by atoms with Crippen molar-refractivity contribution < 1.29 is 9.59 Å². The van der Waals surface area contributed by atoms with Gasteiger partial charge in [0.25, 0.3) is 11.8 Å². The lowest BCUT2D eigenvalue weighted by atomic mass is 10.1. The molecule has 0 aliphatic heterocycles. The van der Waals surface area contributed by atoms with Gasteiger partial charge in [-0.25, -0.2) is 0 Å². The molecule has 5 heteroatoms. The first-order valence-electron chi connectivity index (χ1n) is 8.43. The van der Waals surface area contributed by atoms with Crippen molar-refractivity contribution in [1.82, 2.24) is 10.6 Å². The Morgan fingerprint density at radius 1 is 1.04 bits per heavy atom. The van der Waals surface area contributed by atoms with E-state index >= 15 is 0 Å². The Labute approximate surface area is 153 Å². The fourth-order valence-electron chi connectivity index (χ4n) is 2.28. The molecule has 0 aromatic heterocycles. The first kappa shape index (κ1) is 19.0. The normalized spacial score (nSPS) is 11.6. The average Bonchev–Trinajstić information content (AvgIpc) is 2.63. The number of hydrogen-bond donors (Lipinski definition) is 2. The van der Waals surface area contributed by atoms with E-state index in [0.29, 0.717) is 22.7 Å². The summed E-state index contributed by atoms with van der Waals surface area (Å²) >= 11 is 5.85. The third kappa shape index (κ3) is 5.91. The Hall–Kier alpha value is -2.33. The monoisotopic (exact) mass is 358 g/mol. The summed E-state index contributed by atoms with van der Waals surface area (Å²) in [5.74, 6) is -0.350. The highest BCUT2D eigenvalue weighted by Crippen LogP contribution is 2.10. The van der Waals surface area contributed by atoms with Gasteiger partial charge in [0.15, 0.2) is 0 Å². The number of nitrogens with one attached hydrogen (secondary N) is 2. The van der Waals surface area contributed by atoms with Gasteiger partial charge in [0.1, 0.15) is 0 Å². The molecule has 0 bridgehead atoms. The Bertz CT molecular complexity index is 729. The van der Waals surface area contributed by atoms with Crippen LogP contribution in [0.3, 0.4) is 0 Å². The molecule has 25 heavy (non-hydrogen) atoms. The van der Waals surface area contributed by atoms with Crippen LogP contribution in [0.5, 0.6) is 0 Å². The lowest BCUT2D eigenvalue weighted by Gasteiger charge is -2.12. The summed E-state index contributed by atoms with van der Waals surface area (Å²) in [6.07, 6.45) is 1.58. The van der Waals surface area contributed by atoms with E-state index in [2.05, 4.69) is 10.6 Å². The van der Waals surface area contributed by atoms with Crippen LogP contribution in [0.15, 0.2) is 48.5 Å². The van der Waals surface area contributed by atoms with Gasteiger partial charge >= 0.3 is 0 Å². The number of carbonyl (C=O) groups excluding carboxylic acids is 2. The van der Waals surface area contributed by atoms with E-state index in [-0.39, 0.29) is 17.9 Å². The third-order valence-electron chi connectivity index (χ3n) is 3.99. The number of amides is 2. The second kappa shape index (κ2) is 9.23. The minimum atomic E-state index is -0.188. The van der Waals surface area contributed by atoms with E-state index in [1.807, 2.05) is 38.1 Å². The summed E-state index contributed by atoms with van der Waals surface area (Å²) in [5, 5.41) is 6.47. The molecule has 2 amide bonds. The molecule has 1 atom stereocenters. The molecule has 1 unspecified atom stereocenters. The molecule has 0 saturated heterocycles. The maximum atomic E-state index is 12.3. The van der Waals surface area contributed by atoms with Crippen LogP contribution < -0.4 is 10.6 Å². The molecular weight excluding hydrogens is 336 g/mol. The van der Waals surface area contributed by atoms with Gasteiger partial charge < -0.3 is 10.6 Å². The molecule has 0 radical (unpaired) electrons. The Morgan fingerprint density at radius 3 is 2.32 bits per heavy atom. The van der Waals surface area contributed by atoms with E-state index < -0.39 is 0 Å². The Kier molecular flexibility index (Phi) is 7.02. The first-order valence-corrected chi connectivity index (χ1v) is 8.81. The molecular formula is C20H23ClN2O2. The van der Waals surface area contributed by atoms with Gasteiger partial charge in [-0.15, -0.1) is 0 Å². The Morgan fingerprint density at radius 2 is 1.68 bits per heavy atom. The predicted octanol–water partition coefficient (Wildman–Crippen LogP) is 3.84. The van der Waals surface area contributed by atoms with Crippen molar-refractivity contribution in [2.75, 3.05) is 6.54 Å². The van der Waals surface area contributed by atoms with Gasteiger partial charge in [-0.05, 0) is 55.7 Å². The van der Waals surface area contributed by atoms with Crippen LogP contribution in [-0.4, -0.2) is 24.4 Å². The zero-order valence-electron chi connectivity index (χ0n) is 14.5. The summed E-state index contributed by atoms with van der Waals surface area (Å²) in [7, 11) is 0. The molecule has 132 valence electrons.